The van der Waals surface area contributed by atoms with Crippen molar-refractivity contribution in [3.8, 4) is 0 Å². The molecular formula is C13H19N3O2S. The van der Waals surface area contributed by atoms with Crippen molar-refractivity contribution in [3.05, 3.63) is 11.8 Å². The van der Waals surface area contributed by atoms with Crippen molar-refractivity contribution in [2.75, 3.05) is 30.9 Å². The maximum absolute atomic E-state index is 12.0. The first-order chi connectivity index (χ1) is 9.26. The van der Waals surface area contributed by atoms with Crippen LogP contribution in [0.5, 0.6) is 0 Å². The first-order valence-electron chi connectivity index (χ1n) is 6.59. The molecule has 0 radical (unpaired) electrons. The fraction of sp³-hybridized carbons (Fsp3) is 0.615. The second-order valence-electron chi connectivity index (χ2n) is 4.36. The average Bonchev–Trinajstić information content (AvgIpc) is 2.47. The van der Waals surface area contributed by atoms with Gasteiger partial charge in [-0.15, -0.1) is 0 Å². The summed E-state index contributed by atoms with van der Waals surface area (Å²) in [6.07, 6.45) is 7.04. The molecule has 1 saturated heterocycles. The smallest absolute Gasteiger partial charge is 0.343 e. The minimum Gasteiger partial charge on any atom is -0.462 e. The Kier molecular flexibility index (Phi) is 5.01. The van der Waals surface area contributed by atoms with Crippen LogP contribution in [0.25, 0.3) is 0 Å². The van der Waals surface area contributed by atoms with Crippen molar-refractivity contribution in [3.63, 3.8) is 0 Å². The largest absolute Gasteiger partial charge is 0.462 e. The number of hydrogen-bond acceptors (Lipinski definition) is 6. The lowest BCUT2D eigenvalue weighted by atomic mass is 10.1. The summed E-state index contributed by atoms with van der Waals surface area (Å²) >= 11 is 1.48. The summed E-state index contributed by atoms with van der Waals surface area (Å²) in [5.74, 6) is 0.383. The molecule has 0 spiro atoms. The SMILES string of the molecule is CCOC(=O)c1cnc(SC)nc1N1CCCCC1. The van der Waals surface area contributed by atoms with E-state index in [0.29, 0.717) is 17.3 Å². The molecular weight excluding hydrogens is 262 g/mol. The Bertz CT molecular complexity index is 448. The molecule has 1 aliphatic rings. The third kappa shape index (κ3) is 3.37. The zero-order valence-electron chi connectivity index (χ0n) is 11.4. The van der Waals surface area contributed by atoms with Crippen LogP contribution in [0, 0.1) is 0 Å². The summed E-state index contributed by atoms with van der Waals surface area (Å²) in [5.41, 5.74) is 0.474. The number of thioether (sulfide) groups is 1. The van der Waals surface area contributed by atoms with Crippen molar-refractivity contribution in [2.45, 2.75) is 31.3 Å². The van der Waals surface area contributed by atoms with Gasteiger partial charge in [-0.1, -0.05) is 11.8 Å². The van der Waals surface area contributed by atoms with Crippen molar-refractivity contribution >= 4 is 23.5 Å². The van der Waals surface area contributed by atoms with Gasteiger partial charge in [0.2, 0.25) is 0 Å². The highest BCUT2D eigenvalue weighted by Gasteiger charge is 2.22. The van der Waals surface area contributed by atoms with E-state index >= 15 is 0 Å². The van der Waals surface area contributed by atoms with Crippen LogP contribution in [0.1, 0.15) is 36.5 Å². The Labute approximate surface area is 117 Å². The zero-order valence-corrected chi connectivity index (χ0v) is 12.2. The van der Waals surface area contributed by atoms with E-state index in [2.05, 4.69) is 14.9 Å². The maximum atomic E-state index is 12.0. The Morgan fingerprint density at radius 3 is 2.79 bits per heavy atom. The number of anilines is 1. The number of hydrogen-bond donors (Lipinski definition) is 0. The Hall–Kier alpha value is -1.30. The average molecular weight is 281 g/mol. The fourth-order valence-electron chi connectivity index (χ4n) is 2.16. The molecule has 0 unspecified atom stereocenters. The molecule has 0 amide bonds. The third-order valence-corrected chi connectivity index (χ3v) is 3.64. The van der Waals surface area contributed by atoms with Crippen LogP contribution >= 0.6 is 11.8 Å². The van der Waals surface area contributed by atoms with E-state index in [1.165, 1.54) is 18.2 Å². The Morgan fingerprint density at radius 1 is 1.42 bits per heavy atom. The minimum absolute atomic E-state index is 0.337. The van der Waals surface area contributed by atoms with E-state index in [1.54, 1.807) is 13.1 Å². The normalized spacial score (nSPS) is 15.4. The molecule has 2 rings (SSSR count). The summed E-state index contributed by atoms with van der Waals surface area (Å²) in [6.45, 7) is 4.05. The minimum atomic E-state index is -0.337. The molecule has 0 aromatic carbocycles. The first-order valence-corrected chi connectivity index (χ1v) is 7.81. The maximum Gasteiger partial charge on any atom is 0.343 e. The molecule has 0 N–H and O–H groups in total. The molecule has 5 nitrogen and oxygen atoms in total. The lowest BCUT2D eigenvalue weighted by Crippen LogP contribution is -2.32. The van der Waals surface area contributed by atoms with Gasteiger partial charge < -0.3 is 9.64 Å². The summed E-state index contributed by atoms with van der Waals surface area (Å²) in [4.78, 5) is 22.8. The van der Waals surface area contributed by atoms with Gasteiger partial charge in [0.25, 0.3) is 0 Å². The number of aromatic nitrogens is 2. The number of carbonyl (C=O) groups excluding carboxylic acids is 1. The molecule has 2 heterocycles. The van der Waals surface area contributed by atoms with Crippen LogP contribution in [0.2, 0.25) is 0 Å². The van der Waals surface area contributed by atoms with Gasteiger partial charge in [-0.05, 0) is 32.4 Å². The fourth-order valence-corrected chi connectivity index (χ4v) is 2.49. The molecule has 0 bridgehead atoms. The molecule has 6 heteroatoms. The third-order valence-electron chi connectivity index (χ3n) is 3.08. The lowest BCUT2D eigenvalue weighted by Gasteiger charge is -2.28. The van der Waals surface area contributed by atoms with Gasteiger partial charge >= 0.3 is 5.97 Å². The number of esters is 1. The number of carbonyl (C=O) groups is 1. The van der Waals surface area contributed by atoms with Gasteiger partial charge in [0.15, 0.2) is 5.16 Å². The molecule has 104 valence electrons. The van der Waals surface area contributed by atoms with E-state index in [-0.39, 0.29) is 5.97 Å². The van der Waals surface area contributed by atoms with Crippen LogP contribution in [-0.4, -0.2) is 41.9 Å². The van der Waals surface area contributed by atoms with E-state index in [0.717, 1.165) is 31.7 Å². The number of ether oxygens (including phenoxy) is 1. The topological polar surface area (TPSA) is 55.3 Å². The zero-order chi connectivity index (χ0) is 13.7. The molecule has 0 saturated carbocycles. The van der Waals surface area contributed by atoms with Crippen LogP contribution in [0.3, 0.4) is 0 Å². The highest BCUT2D eigenvalue weighted by atomic mass is 32.2. The number of nitrogens with zero attached hydrogens (tertiary/aromatic N) is 3. The van der Waals surface area contributed by atoms with Gasteiger partial charge in [-0.3, -0.25) is 0 Å². The summed E-state index contributed by atoms with van der Waals surface area (Å²) in [6, 6.07) is 0. The van der Waals surface area contributed by atoms with Crippen LogP contribution < -0.4 is 4.90 Å². The van der Waals surface area contributed by atoms with Crippen LogP contribution in [0.4, 0.5) is 5.82 Å². The van der Waals surface area contributed by atoms with E-state index in [1.807, 2.05) is 6.26 Å². The predicted molar refractivity (Wildman–Crippen MR) is 75.8 cm³/mol. The molecule has 1 fully saturated rings. The van der Waals surface area contributed by atoms with Crippen molar-refractivity contribution in [2.24, 2.45) is 0 Å². The highest BCUT2D eigenvalue weighted by molar-refractivity contribution is 7.98. The number of piperidine rings is 1. The quantitative estimate of drug-likeness (QED) is 0.480. The highest BCUT2D eigenvalue weighted by Crippen LogP contribution is 2.24. The molecule has 19 heavy (non-hydrogen) atoms. The van der Waals surface area contributed by atoms with Crippen molar-refractivity contribution in [1.82, 2.24) is 9.97 Å². The van der Waals surface area contributed by atoms with Gasteiger partial charge in [0.1, 0.15) is 11.4 Å². The van der Waals surface area contributed by atoms with E-state index in [4.69, 9.17) is 4.74 Å². The standard InChI is InChI=1S/C13H19N3O2S/c1-3-18-12(17)10-9-14-13(19-2)15-11(10)16-7-5-4-6-8-16/h9H,3-8H2,1-2H3. The Morgan fingerprint density at radius 2 is 2.16 bits per heavy atom. The van der Waals surface area contributed by atoms with Gasteiger partial charge in [-0.2, -0.15) is 0 Å². The molecule has 1 aromatic heterocycles. The van der Waals surface area contributed by atoms with Crippen molar-refractivity contribution < 1.29 is 9.53 Å². The summed E-state index contributed by atoms with van der Waals surface area (Å²) in [5, 5.41) is 0.689. The second kappa shape index (κ2) is 6.75. The summed E-state index contributed by atoms with van der Waals surface area (Å²) in [7, 11) is 0. The number of rotatable bonds is 4. The molecule has 1 aliphatic heterocycles. The molecule has 0 atom stereocenters. The van der Waals surface area contributed by atoms with Gasteiger partial charge in [-0.25, -0.2) is 14.8 Å². The monoisotopic (exact) mass is 281 g/mol. The Balaban J connectivity index is 2.32. The predicted octanol–water partition coefficient (Wildman–Crippen LogP) is 2.37. The van der Waals surface area contributed by atoms with Gasteiger partial charge in [0, 0.05) is 19.3 Å². The second-order valence-corrected chi connectivity index (χ2v) is 5.14. The lowest BCUT2D eigenvalue weighted by molar-refractivity contribution is 0.0526. The van der Waals surface area contributed by atoms with Crippen LogP contribution in [-0.2, 0) is 4.74 Å². The van der Waals surface area contributed by atoms with Crippen molar-refractivity contribution in [1.29, 1.82) is 0 Å². The van der Waals surface area contributed by atoms with E-state index in [9.17, 15) is 4.79 Å². The first kappa shape index (κ1) is 14.1. The summed E-state index contributed by atoms with van der Waals surface area (Å²) < 4.78 is 5.08. The molecule has 1 aromatic rings. The van der Waals surface area contributed by atoms with Gasteiger partial charge in [0.05, 0.1) is 6.61 Å². The van der Waals surface area contributed by atoms with Crippen LogP contribution in [0.15, 0.2) is 11.4 Å². The van der Waals surface area contributed by atoms with E-state index < -0.39 is 0 Å². The molecule has 0 aliphatic carbocycles.